The van der Waals surface area contributed by atoms with Gasteiger partial charge in [0.1, 0.15) is 12.4 Å². The molecule has 4 aromatic rings. The van der Waals surface area contributed by atoms with Gasteiger partial charge in [-0.1, -0.05) is 83.9 Å². The predicted molar refractivity (Wildman–Crippen MR) is 162 cm³/mol. The van der Waals surface area contributed by atoms with Crippen LogP contribution in [0.4, 0.5) is 0 Å². The van der Waals surface area contributed by atoms with Crippen molar-refractivity contribution in [3.8, 4) is 5.75 Å². The van der Waals surface area contributed by atoms with Crippen LogP contribution < -0.4 is 19.6 Å². The number of aromatic nitrogens is 1. The molecular formula is C30H23BrCl2N2O4S. The molecular weight excluding hydrogens is 635 g/mol. The molecule has 5 rings (SSSR count). The molecule has 0 spiro atoms. The zero-order chi connectivity index (χ0) is 28.4. The van der Waals surface area contributed by atoms with Crippen LogP contribution in [0, 0.1) is 0 Å². The molecule has 0 unspecified atom stereocenters. The van der Waals surface area contributed by atoms with Gasteiger partial charge in [-0.15, -0.1) is 0 Å². The minimum atomic E-state index is -0.674. The molecule has 2 heterocycles. The van der Waals surface area contributed by atoms with E-state index in [2.05, 4.69) is 15.9 Å². The first-order valence-corrected chi connectivity index (χ1v) is 14.7. The number of hydrogen-bond donors (Lipinski definition) is 0. The zero-order valence-electron chi connectivity index (χ0n) is 21.5. The lowest BCUT2D eigenvalue weighted by atomic mass is 9.95. The van der Waals surface area contributed by atoms with Crippen molar-refractivity contribution in [1.29, 1.82) is 0 Å². The molecule has 204 valence electrons. The lowest BCUT2D eigenvalue weighted by Gasteiger charge is -2.25. The zero-order valence-corrected chi connectivity index (χ0v) is 25.4. The minimum absolute atomic E-state index is 0.263. The molecule has 40 heavy (non-hydrogen) atoms. The Morgan fingerprint density at radius 3 is 2.58 bits per heavy atom. The Labute approximate surface area is 252 Å². The van der Waals surface area contributed by atoms with E-state index in [0.717, 1.165) is 11.1 Å². The second-order valence-corrected chi connectivity index (χ2v) is 11.7. The number of nitrogens with zero attached hydrogens (tertiary/aromatic N) is 2. The Kier molecular flexibility index (Phi) is 8.61. The van der Waals surface area contributed by atoms with Crippen LogP contribution in [0.2, 0.25) is 10.0 Å². The highest BCUT2D eigenvalue weighted by Crippen LogP contribution is 2.35. The highest BCUT2D eigenvalue weighted by molar-refractivity contribution is 9.10. The number of carbonyl (C=O) groups excluding carboxylic acids is 1. The van der Waals surface area contributed by atoms with Crippen LogP contribution in [-0.4, -0.2) is 17.6 Å². The van der Waals surface area contributed by atoms with Crippen LogP contribution >= 0.6 is 50.5 Å². The van der Waals surface area contributed by atoms with Gasteiger partial charge in [-0.05, 0) is 63.8 Å². The van der Waals surface area contributed by atoms with Gasteiger partial charge < -0.3 is 9.47 Å². The molecule has 6 nitrogen and oxygen atoms in total. The fourth-order valence-corrected chi connectivity index (χ4v) is 6.75. The Bertz CT molecular complexity index is 1820. The molecule has 1 aliphatic heterocycles. The summed E-state index contributed by atoms with van der Waals surface area (Å²) in [6.45, 7) is 2.19. The van der Waals surface area contributed by atoms with E-state index in [-0.39, 0.29) is 12.2 Å². The molecule has 0 bridgehead atoms. The quantitative estimate of drug-likeness (QED) is 0.214. The number of allylic oxidation sites excluding steroid dienone is 1. The average molecular weight is 658 g/mol. The standard InChI is InChI=1S/C30H23BrCl2N2O4S/c1-3-23-25(29(37)38-2)26(18-9-5-4-6-10-18)35-28(36)24(40-30(35)34-23)14-19-13-21(33)15-22(31)27(19)39-16-17-8-7-11-20(32)12-17/h4-15,26H,3,16H2,1-2H3/b24-14+/t26-/m1/s1. The summed E-state index contributed by atoms with van der Waals surface area (Å²) in [7, 11) is 1.33. The van der Waals surface area contributed by atoms with Crippen molar-refractivity contribution in [1.82, 2.24) is 4.57 Å². The summed E-state index contributed by atoms with van der Waals surface area (Å²) in [4.78, 5) is 32.1. The van der Waals surface area contributed by atoms with Gasteiger partial charge in [-0.2, -0.15) is 0 Å². The highest BCUT2D eigenvalue weighted by atomic mass is 79.9. The topological polar surface area (TPSA) is 69.9 Å². The van der Waals surface area contributed by atoms with Gasteiger partial charge in [0.15, 0.2) is 4.80 Å². The molecule has 0 N–H and O–H groups in total. The van der Waals surface area contributed by atoms with E-state index in [0.29, 0.717) is 52.9 Å². The van der Waals surface area contributed by atoms with E-state index in [1.807, 2.05) is 55.5 Å². The predicted octanol–water partition coefficient (Wildman–Crippen LogP) is 6.45. The summed E-state index contributed by atoms with van der Waals surface area (Å²) in [5, 5.41) is 1.09. The number of hydrogen-bond acceptors (Lipinski definition) is 6. The smallest absolute Gasteiger partial charge is 0.338 e. The normalized spacial score (nSPS) is 15.0. The summed E-state index contributed by atoms with van der Waals surface area (Å²) in [6.07, 6.45) is 2.24. The van der Waals surface area contributed by atoms with Crippen molar-refractivity contribution in [3.05, 3.63) is 129 Å². The van der Waals surface area contributed by atoms with Gasteiger partial charge in [0.25, 0.3) is 5.56 Å². The van der Waals surface area contributed by atoms with Gasteiger partial charge in [0.2, 0.25) is 0 Å². The molecule has 0 radical (unpaired) electrons. The molecule has 0 aliphatic carbocycles. The Morgan fingerprint density at radius 2 is 1.88 bits per heavy atom. The third-order valence-electron chi connectivity index (χ3n) is 6.36. The average Bonchev–Trinajstić information content (AvgIpc) is 3.25. The Hall–Kier alpha value is -3.17. The first kappa shape index (κ1) is 28.4. The molecule has 10 heteroatoms. The number of ether oxygens (including phenoxy) is 2. The number of benzene rings is 3. The van der Waals surface area contributed by atoms with E-state index in [1.165, 1.54) is 18.4 Å². The van der Waals surface area contributed by atoms with Gasteiger partial charge in [-0.25, -0.2) is 9.79 Å². The number of halogens is 3. The van der Waals surface area contributed by atoms with Crippen LogP contribution in [0.1, 0.15) is 36.1 Å². The third-order valence-corrected chi connectivity index (χ3v) is 8.39. The number of thiazole rings is 1. The molecule has 0 saturated heterocycles. The summed E-state index contributed by atoms with van der Waals surface area (Å²) in [6, 6.07) is 19.6. The number of carbonyl (C=O) groups is 1. The van der Waals surface area contributed by atoms with Crippen LogP contribution in [0.25, 0.3) is 6.08 Å². The van der Waals surface area contributed by atoms with Crippen LogP contribution in [0.3, 0.4) is 0 Å². The maximum Gasteiger partial charge on any atom is 0.338 e. The monoisotopic (exact) mass is 656 g/mol. The summed E-state index contributed by atoms with van der Waals surface area (Å²) >= 11 is 17.3. The van der Waals surface area contributed by atoms with E-state index in [9.17, 15) is 9.59 Å². The van der Waals surface area contributed by atoms with Crippen molar-refractivity contribution < 1.29 is 14.3 Å². The SMILES string of the molecule is CCC1=C(C(=O)OC)[C@@H](c2ccccc2)n2c(s/c(=C/c3cc(Cl)cc(Br)c3OCc3cccc(Cl)c3)c2=O)=N1. The van der Waals surface area contributed by atoms with Crippen molar-refractivity contribution >= 4 is 62.5 Å². The summed E-state index contributed by atoms with van der Waals surface area (Å²) in [5.74, 6) is 0.0125. The van der Waals surface area contributed by atoms with Gasteiger partial charge in [0.05, 0.1) is 33.4 Å². The van der Waals surface area contributed by atoms with Gasteiger partial charge in [-0.3, -0.25) is 9.36 Å². The van der Waals surface area contributed by atoms with Crippen molar-refractivity contribution in [3.63, 3.8) is 0 Å². The number of fused-ring (bicyclic) bond motifs is 1. The first-order chi connectivity index (χ1) is 19.3. The van der Waals surface area contributed by atoms with Crippen molar-refractivity contribution in [2.24, 2.45) is 4.99 Å². The molecule has 1 atom stereocenters. The van der Waals surface area contributed by atoms with Gasteiger partial charge in [0, 0.05) is 15.6 Å². The highest BCUT2D eigenvalue weighted by Gasteiger charge is 2.33. The second kappa shape index (κ2) is 12.1. The van der Waals surface area contributed by atoms with Gasteiger partial charge >= 0.3 is 5.97 Å². The van der Waals surface area contributed by atoms with Crippen LogP contribution in [0.15, 0.2) is 92.3 Å². The Morgan fingerprint density at radius 1 is 1.10 bits per heavy atom. The maximum atomic E-state index is 14.0. The van der Waals surface area contributed by atoms with Crippen molar-refractivity contribution in [2.75, 3.05) is 7.11 Å². The van der Waals surface area contributed by atoms with Crippen LogP contribution in [-0.2, 0) is 16.1 Å². The van der Waals surface area contributed by atoms with E-state index in [1.54, 1.807) is 28.8 Å². The summed E-state index contributed by atoms with van der Waals surface area (Å²) < 4.78 is 13.9. The first-order valence-electron chi connectivity index (χ1n) is 12.3. The lowest BCUT2D eigenvalue weighted by molar-refractivity contribution is -0.136. The lowest BCUT2D eigenvalue weighted by Crippen LogP contribution is -2.40. The van der Waals surface area contributed by atoms with E-state index in [4.69, 9.17) is 37.7 Å². The maximum absolute atomic E-state index is 14.0. The number of rotatable bonds is 7. The molecule has 0 saturated carbocycles. The molecule has 3 aromatic carbocycles. The number of methoxy groups -OCH3 is 1. The fraction of sp³-hybridized carbons (Fsp3) is 0.167. The Balaban J connectivity index is 1.66. The molecule has 0 amide bonds. The molecule has 1 aliphatic rings. The third kappa shape index (κ3) is 5.67. The fourth-order valence-electron chi connectivity index (χ4n) is 4.58. The number of esters is 1. The van der Waals surface area contributed by atoms with Crippen molar-refractivity contribution in [2.45, 2.75) is 26.0 Å². The van der Waals surface area contributed by atoms with E-state index < -0.39 is 12.0 Å². The molecule has 0 fully saturated rings. The largest absolute Gasteiger partial charge is 0.487 e. The summed E-state index contributed by atoms with van der Waals surface area (Å²) in [5.41, 5.74) is 2.95. The minimum Gasteiger partial charge on any atom is -0.487 e. The van der Waals surface area contributed by atoms with E-state index >= 15 is 0 Å². The molecule has 1 aromatic heterocycles. The van der Waals surface area contributed by atoms with Crippen LogP contribution in [0.5, 0.6) is 5.75 Å². The second-order valence-electron chi connectivity index (χ2n) is 8.92.